The number of nitrogens with zero attached hydrogens (tertiary/aromatic N) is 2. The molecule has 0 saturated carbocycles. The summed E-state index contributed by atoms with van der Waals surface area (Å²) in [6, 6.07) is 8.59. The number of benzene rings is 1. The van der Waals surface area contributed by atoms with Crippen molar-refractivity contribution in [3.63, 3.8) is 0 Å². The van der Waals surface area contributed by atoms with E-state index in [2.05, 4.69) is 10.4 Å². The van der Waals surface area contributed by atoms with Gasteiger partial charge in [0.05, 0.1) is 12.1 Å². The number of hydrogen-bond donors (Lipinski definition) is 2. The van der Waals surface area contributed by atoms with Gasteiger partial charge in [-0.1, -0.05) is 30.3 Å². The molecule has 140 valence electrons. The van der Waals surface area contributed by atoms with Crippen LogP contribution in [-0.4, -0.2) is 33.3 Å². The molecule has 1 unspecified atom stereocenters. The minimum atomic E-state index is -2.78. The number of aliphatic carboxylic acids is 1. The lowest BCUT2D eigenvalue weighted by Gasteiger charge is -2.25. The molecule has 1 amide bonds. The molecular formula is C18H21F2N3O3. The van der Waals surface area contributed by atoms with Gasteiger partial charge in [0.2, 0.25) is 5.91 Å². The Morgan fingerprint density at radius 1 is 1.27 bits per heavy atom. The molecule has 0 bridgehead atoms. The Balaban J connectivity index is 2.12. The first-order chi connectivity index (χ1) is 12.2. The number of aryl methyl sites for hydroxylation is 1. The average Bonchev–Trinajstić information content (AvgIpc) is 2.88. The number of nitrogens with one attached hydrogen (secondary N) is 1. The van der Waals surface area contributed by atoms with Gasteiger partial charge < -0.3 is 10.4 Å². The first kappa shape index (κ1) is 19.6. The number of carbonyl (C=O) groups is 2. The van der Waals surface area contributed by atoms with Crippen molar-refractivity contribution in [1.29, 1.82) is 0 Å². The molecule has 0 radical (unpaired) electrons. The molecular weight excluding hydrogens is 344 g/mol. The number of carboxylic acid groups (broad SMARTS) is 1. The molecule has 2 N–H and O–H groups in total. The number of amides is 1. The number of carboxylic acids is 1. The van der Waals surface area contributed by atoms with E-state index >= 15 is 0 Å². The third-order valence-electron chi connectivity index (χ3n) is 4.52. The lowest BCUT2D eigenvalue weighted by molar-refractivity contribution is -0.143. The standard InChI is InChI=1S/C18H21F2N3O3/c1-11-14(12(2)23(22-11)17(19)20)9-15(24)21-10-18(3,16(25)26)13-7-5-4-6-8-13/h4-8,17H,9-10H2,1-3H3,(H,21,24)(H,25,26). The quantitative estimate of drug-likeness (QED) is 0.790. The van der Waals surface area contributed by atoms with Gasteiger partial charge >= 0.3 is 12.5 Å². The third kappa shape index (κ3) is 3.89. The van der Waals surface area contributed by atoms with E-state index in [-0.39, 0.29) is 18.7 Å². The lowest BCUT2D eigenvalue weighted by atomic mass is 9.82. The maximum absolute atomic E-state index is 12.9. The second-order valence-corrected chi connectivity index (χ2v) is 6.33. The van der Waals surface area contributed by atoms with Crippen LogP contribution >= 0.6 is 0 Å². The number of aromatic nitrogens is 2. The maximum atomic E-state index is 12.9. The van der Waals surface area contributed by atoms with Crippen molar-refractivity contribution < 1.29 is 23.5 Å². The summed E-state index contributed by atoms with van der Waals surface area (Å²) in [6.07, 6.45) is -0.144. The highest BCUT2D eigenvalue weighted by Gasteiger charge is 2.35. The van der Waals surface area contributed by atoms with Gasteiger partial charge in [-0.25, -0.2) is 4.68 Å². The van der Waals surface area contributed by atoms with E-state index in [0.717, 1.165) is 0 Å². The van der Waals surface area contributed by atoms with Gasteiger partial charge in [-0.15, -0.1) is 0 Å². The smallest absolute Gasteiger partial charge is 0.333 e. The summed E-state index contributed by atoms with van der Waals surface area (Å²) >= 11 is 0. The van der Waals surface area contributed by atoms with Crippen LogP contribution in [0.1, 0.15) is 36.0 Å². The fourth-order valence-corrected chi connectivity index (χ4v) is 2.75. The van der Waals surface area contributed by atoms with E-state index in [9.17, 15) is 23.5 Å². The van der Waals surface area contributed by atoms with Gasteiger partial charge in [-0.3, -0.25) is 9.59 Å². The zero-order valence-corrected chi connectivity index (χ0v) is 14.8. The number of hydrogen-bond acceptors (Lipinski definition) is 3. The van der Waals surface area contributed by atoms with Gasteiger partial charge in [0.1, 0.15) is 5.41 Å². The van der Waals surface area contributed by atoms with Crippen LogP contribution in [0.3, 0.4) is 0 Å². The second kappa shape index (κ2) is 7.63. The van der Waals surface area contributed by atoms with Crippen molar-refractivity contribution in [3.8, 4) is 0 Å². The predicted octanol–water partition coefficient (Wildman–Crippen LogP) is 2.60. The second-order valence-electron chi connectivity index (χ2n) is 6.33. The van der Waals surface area contributed by atoms with Crippen molar-refractivity contribution >= 4 is 11.9 Å². The minimum Gasteiger partial charge on any atom is -0.481 e. The molecule has 2 aromatic rings. The Kier molecular flexibility index (Phi) is 5.74. The van der Waals surface area contributed by atoms with Crippen LogP contribution in [0.4, 0.5) is 8.78 Å². The zero-order valence-electron chi connectivity index (χ0n) is 14.8. The Morgan fingerprint density at radius 2 is 1.88 bits per heavy atom. The van der Waals surface area contributed by atoms with Gasteiger partial charge in [-0.05, 0) is 26.3 Å². The van der Waals surface area contributed by atoms with Crippen molar-refractivity contribution in [2.24, 2.45) is 0 Å². The van der Waals surface area contributed by atoms with Gasteiger partial charge in [0, 0.05) is 17.8 Å². The molecule has 26 heavy (non-hydrogen) atoms. The van der Waals surface area contributed by atoms with Crippen molar-refractivity contribution in [1.82, 2.24) is 15.1 Å². The van der Waals surface area contributed by atoms with Crippen LogP contribution in [-0.2, 0) is 21.4 Å². The van der Waals surface area contributed by atoms with E-state index in [1.54, 1.807) is 37.3 Å². The zero-order chi connectivity index (χ0) is 19.5. The van der Waals surface area contributed by atoms with E-state index in [1.807, 2.05) is 0 Å². The normalized spacial score (nSPS) is 13.5. The monoisotopic (exact) mass is 365 g/mol. The molecule has 1 atom stereocenters. The van der Waals surface area contributed by atoms with Crippen LogP contribution in [0, 0.1) is 13.8 Å². The number of rotatable bonds is 7. The van der Waals surface area contributed by atoms with E-state index in [1.165, 1.54) is 13.8 Å². The third-order valence-corrected chi connectivity index (χ3v) is 4.52. The topological polar surface area (TPSA) is 84.2 Å². The highest BCUT2D eigenvalue weighted by Crippen LogP contribution is 2.24. The molecule has 0 aliphatic heterocycles. The summed E-state index contributed by atoms with van der Waals surface area (Å²) in [5.41, 5.74) is 0.248. The van der Waals surface area contributed by atoms with Crippen LogP contribution in [0.2, 0.25) is 0 Å². The SMILES string of the molecule is Cc1nn(C(F)F)c(C)c1CC(=O)NCC(C)(C(=O)O)c1ccccc1. The largest absolute Gasteiger partial charge is 0.481 e. The molecule has 0 saturated heterocycles. The molecule has 2 rings (SSSR count). The van der Waals surface area contributed by atoms with E-state index in [0.29, 0.717) is 21.5 Å². The van der Waals surface area contributed by atoms with Crippen molar-refractivity contribution in [2.45, 2.75) is 39.2 Å². The highest BCUT2D eigenvalue weighted by atomic mass is 19.3. The summed E-state index contributed by atoms with van der Waals surface area (Å²) in [4.78, 5) is 24.0. The summed E-state index contributed by atoms with van der Waals surface area (Å²) < 4.78 is 26.3. The maximum Gasteiger partial charge on any atom is 0.333 e. The first-order valence-electron chi connectivity index (χ1n) is 8.05. The molecule has 0 aliphatic carbocycles. The first-order valence-corrected chi connectivity index (χ1v) is 8.05. The predicted molar refractivity (Wildman–Crippen MR) is 91.1 cm³/mol. The van der Waals surface area contributed by atoms with Crippen LogP contribution in [0.5, 0.6) is 0 Å². The number of carbonyl (C=O) groups excluding carboxylic acids is 1. The average molecular weight is 365 g/mol. The fraction of sp³-hybridized carbons (Fsp3) is 0.389. The Hall–Kier alpha value is -2.77. The van der Waals surface area contributed by atoms with Gasteiger partial charge in [-0.2, -0.15) is 13.9 Å². The summed E-state index contributed by atoms with van der Waals surface area (Å²) in [6.45, 7) is 1.65. The molecule has 1 aromatic heterocycles. The molecule has 1 heterocycles. The van der Waals surface area contributed by atoms with E-state index < -0.39 is 23.8 Å². The fourth-order valence-electron chi connectivity index (χ4n) is 2.75. The lowest BCUT2D eigenvalue weighted by Crippen LogP contribution is -2.44. The number of halogens is 2. The van der Waals surface area contributed by atoms with Crippen LogP contribution in [0.25, 0.3) is 0 Å². The summed E-state index contributed by atoms with van der Waals surface area (Å²) in [5, 5.41) is 15.9. The number of alkyl halides is 2. The van der Waals surface area contributed by atoms with Crippen molar-refractivity contribution in [3.05, 3.63) is 52.8 Å². The van der Waals surface area contributed by atoms with Crippen LogP contribution in [0.15, 0.2) is 30.3 Å². The van der Waals surface area contributed by atoms with Crippen LogP contribution < -0.4 is 5.32 Å². The molecule has 8 heteroatoms. The Morgan fingerprint density at radius 3 is 2.38 bits per heavy atom. The Labute approximate surface area is 149 Å². The molecule has 0 aliphatic rings. The molecule has 6 nitrogen and oxygen atoms in total. The van der Waals surface area contributed by atoms with Gasteiger partial charge in [0.15, 0.2) is 0 Å². The minimum absolute atomic E-state index is 0.119. The Bertz CT molecular complexity index is 806. The summed E-state index contributed by atoms with van der Waals surface area (Å²) in [7, 11) is 0. The summed E-state index contributed by atoms with van der Waals surface area (Å²) in [5.74, 6) is -1.52. The van der Waals surface area contributed by atoms with Gasteiger partial charge in [0.25, 0.3) is 0 Å². The molecule has 0 fully saturated rings. The molecule has 0 spiro atoms. The van der Waals surface area contributed by atoms with E-state index in [4.69, 9.17) is 0 Å². The van der Waals surface area contributed by atoms with Crippen molar-refractivity contribution in [2.75, 3.05) is 6.54 Å². The molecule has 1 aromatic carbocycles. The highest BCUT2D eigenvalue weighted by molar-refractivity contribution is 5.84.